The number of carbonyl (C=O) groups is 1. The Kier molecular flexibility index (Phi) is 5.97. The molecule has 1 saturated carbocycles. The molecule has 0 bridgehead atoms. The molecule has 34 heavy (non-hydrogen) atoms. The summed E-state index contributed by atoms with van der Waals surface area (Å²) in [6.07, 6.45) is 7.83. The van der Waals surface area contributed by atoms with Crippen molar-refractivity contribution in [3.8, 4) is 0 Å². The molecule has 2 aliphatic rings. The van der Waals surface area contributed by atoms with Crippen molar-refractivity contribution in [3.05, 3.63) is 65.2 Å². The maximum Gasteiger partial charge on any atom is 0.255 e. The molecule has 5 rings (SSSR count). The van der Waals surface area contributed by atoms with E-state index >= 15 is 4.39 Å². The maximum absolute atomic E-state index is 15.8. The minimum Gasteiger partial charge on any atom is -0.396 e. The number of hydrogen-bond acceptors (Lipinski definition) is 4. The number of fused-ring (bicyclic) bond motifs is 1. The number of amides is 1. The predicted molar refractivity (Wildman–Crippen MR) is 121 cm³/mol. The molecule has 2 aromatic heterocycles. The first-order valence-corrected chi connectivity index (χ1v) is 11.7. The number of halogens is 3. The predicted octanol–water partition coefficient (Wildman–Crippen LogP) is 4.38. The van der Waals surface area contributed by atoms with Crippen molar-refractivity contribution in [1.82, 2.24) is 14.9 Å². The first-order chi connectivity index (χ1) is 16.4. The molecule has 1 atom stereocenters. The van der Waals surface area contributed by atoms with Crippen molar-refractivity contribution in [2.45, 2.75) is 44.6 Å². The molecule has 0 spiro atoms. The average Bonchev–Trinajstić information content (AvgIpc) is 3.59. The Morgan fingerprint density at radius 1 is 1.18 bits per heavy atom. The lowest BCUT2D eigenvalue weighted by Crippen LogP contribution is -2.38. The summed E-state index contributed by atoms with van der Waals surface area (Å²) in [5.41, 5.74) is 0.202. The second-order valence-corrected chi connectivity index (χ2v) is 9.43. The number of rotatable bonds is 6. The number of hydrogen-bond donors (Lipinski definition) is 2. The lowest BCUT2D eigenvalue weighted by Gasteiger charge is -2.28. The van der Waals surface area contributed by atoms with Crippen LogP contribution in [0.5, 0.6) is 0 Å². The van der Waals surface area contributed by atoms with Gasteiger partial charge in [-0.15, -0.1) is 0 Å². The summed E-state index contributed by atoms with van der Waals surface area (Å²) >= 11 is 0. The van der Waals surface area contributed by atoms with E-state index in [0.717, 1.165) is 43.9 Å². The molecule has 2 N–H and O–H groups in total. The zero-order chi connectivity index (χ0) is 23.9. The highest BCUT2D eigenvalue weighted by Crippen LogP contribution is 2.40. The highest BCUT2D eigenvalue weighted by molar-refractivity contribution is 6.01. The minimum absolute atomic E-state index is 0.00641. The molecule has 1 aromatic carbocycles. The van der Waals surface area contributed by atoms with Gasteiger partial charge in [-0.25, -0.2) is 17.7 Å². The van der Waals surface area contributed by atoms with E-state index < -0.39 is 29.4 Å². The van der Waals surface area contributed by atoms with Crippen LogP contribution in [0.2, 0.25) is 0 Å². The third kappa shape index (κ3) is 3.91. The SMILES string of the molecule is O=C(NCC1(CO)CCCC1)c1cnn2ccc(N3CCC[C@@H]3c3cc(F)ccc3F)c(F)c12. The van der Waals surface area contributed by atoms with Crippen LogP contribution in [0.25, 0.3) is 5.52 Å². The molecular formula is C25H27F3N4O2. The molecule has 6 nitrogen and oxygen atoms in total. The van der Waals surface area contributed by atoms with Gasteiger partial charge in [0.05, 0.1) is 30.1 Å². The van der Waals surface area contributed by atoms with Crippen LogP contribution >= 0.6 is 0 Å². The summed E-state index contributed by atoms with van der Waals surface area (Å²) in [6.45, 7) is 0.782. The van der Waals surface area contributed by atoms with Crippen molar-refractivity contribution in [2.75, 3.05) is 24.6 Å². The Morgan fingerprint density at radius 2 is 1.97 bits per heavy atom. The largest absolute Gasteiger partial charge is 0.396 e. The van der Waals surface area contributed by atoms with Gasteiger partial charge in [0.15, 0.2) is 5.82 Å². The van der Waals surface area contributed by atoms with Gasteiger partial charge >= 0.3 is 0 Å². The summed E-state index contributed by atoms with van der Waals surface area (Å²) < 4.78 is 45.5. The summed E-state index contributed by atoms with van der Waals surface area (Å²) in [6, 6.07) is 4.34. The molecule has 0 unspecified atom stereocenters. The Labute approximate surface area is 195 Å². The van der Waals surface area contributed by atoms with Crippen LogP contribution in [0.1, 0.15) is 60.5 Å². The fraction of sp³-hybridized carbons (Fsp3) is 0.440. The van der Waals surface area contributed by atoms with E-state index in [9.17, 15) is 18.7 Å². The van der Waals surface area contributed by atoms with Crippen LogP contribution in [0.4, 0.5) is 18.9 Å². The van der Waals surface area contributed by atoms with Crippen LogP contribution in [0.3, 0.4) is 0 Å². The van der Waals surface area contributed by atoms with Gasteiger partial charge in [0, 0.05) is 30.3 Å². The van der Waals surface area contributed by atoms with Crippen LogP contribution in [0.15, 0.2) is 36.7 Å². The summed E-state index contributed by atoms with van der Waals surface area (Å²) in [4.78, 5) is 14.7. The van der Waals surface area contributed by atoms with Gasteiger partial charge in [0.1, 0.15) is 17.2 Å². The van der Waals surface area contributed by atoms with E-state index in [2.05, 4.69) is 10.4 Å². The number of pyridine rings is 1. The van der Waals surface area contributed by atoms with Crippen molar-refractivity contribution >= 4 is 17.1 Å². The Hall–Kier alpha value is -3.07. The summed E-state index contributed by atoms with van der Waals surface area (Å²) in [5, 5.41) is 16.8. The van der Waals surface area contributed by atoms with Crippen LogP contribution in [-0.2, 0) is 0 Å². The molecule has 0 radical (unpaired) electrons. The Bertz CT molecular complexity index is 1220. The topological polar surface area (TPSA) is 69.9 Å². The Balaban J connectivity index is 1.46. The Morgan fingerprint density at radius 3 is 2.74 bits per heavy atom. The normalized spacial score (nSPS) is 19.8. The quantitative estimate of drug-likeness (QED) is 0.559. The fourth-order valence-corrected chi connectivity index (χ4v) is 5.44. The maximum atomic E-state index is 15.8. The number of aliphatic hydroxyl groups excluding tert-OH is 1. The van der Waals surface area contributed by atoms with Gasteiger partial charge in [0.2, 0.25) is 0 Å². The number of nitrogens with one attached hydrogen (secondary N) is 1. The number of aliphatic hydroxyl groups is 1. The van der Waals surface area contributed by atoms with Gasteiger partial charge in [-0.1, -0.05) is 12.8 Å². The molecule has 2 fully saturated rings. The van der Waals surface area contributed by atoms with Crippen LogP contribution < -0.4 is 10.2 Å². The van der Waals surface area contributed by atoms with Gasteiger partial charge < -0.3 is 15.3 Å². The second kappa shape index (κ2) is 8.94. The molecule has 9 heteroatoms. The second-order valence-electron chi connectivity index (χ2n) is 9.43. The number of benzene rings is 1. The molecule has 3 aromatic rings. The van der Waals surface area contributed by atoms with E-state index in [1.807, 2.05) is 0 Å². The van der Waals surface area contributed by atoms with Crippen molar-refractivity contribution in [3.63, 3.8) is 0 Å². The molecule has 1 aliphatic heterocycles. The standard InChI is InChI=1S/C25H27F3N4O2/c26-16-5-6-19(27)17(12-16)20-4-3-10-31(20)21-7-11-32-23(22(21)28)18(13-30-32)24(34)29-14-25(15-33)8-1-2-9-25/h5-7,11-13,20,33H,1-4,8-10,14-15H2,(H,29,34)/t20-/m1/s1. The van der Waals surface area contributed by atoms with Gasteiger partial charge in [-0.3, -0.25) is 4.79 Å². The molecule has 1 amide bonds. The van der Waals surface area contributed by atoms with E-state index in [4.69, 9.17) is 0 Å². The van der Waals surface area contributed by atoms with E-state index in [1.54, 1.807) is 17.2 Å². The molecule has 1 saturated heterocycles. The third-order valence-corrected chi connectivity index (χ3v) is 7.35. The number of aromatic nitrogens is 2. The molecule has 1 aliphatic carbocycles. The van der Waals surface area contributed by atoms with Crippen molar-refractivity contribution in [1.29, 1.82) is 0 Å². The van der Waals surface area contributed by atoms with Crippen LogP contribution in [-0.4, -0.2) is 40.3 Å². The third-order valence-electron chi connectivity index (χ3n) is 7.35. The highest BCUT2D eigenvalue weighted by Gasteiger charge is 2.35. The zero-order valence-electron chi connectivity index (χ0n) is 18.7. The molecule has 3 heterocycles. The lowest BCUT2D eigenvalue weighted by molar-refractivity contribution is 0.0882. The first kappa shape index (κ1) is 22.7. The van der Waals surface area contributed by atoms with Crippen molar-refractivity contribution in [2.24, 2.45) is 5.41 Å². The minimum atomic E-state index is -0.633. The lowest BCUT2D eigenvalue weighted by atomic mass is 9.87. The van der Waals surface area contributed by atoms with E-state index in [0.29, 0.717) is 25.9 Å². The summed E-state index contributed by atoms with van der Waals surface area (Å²) in [5.74, 6) is -2.17. The van der Waals surface area contributed by atoms with Gasteiger partial charge in [0.25, 0.3) is 5.91 Å². The highest BCUT2D eigenvalue weighted by atomic mass is 19.1. The van der Waals surface area contributed by atoms with Gasteiger partial charge in [-0.05, 0) is 49.9 Å². The first-order valence-electron chi connectivity index (χ1n) is 11.7. The van der Waals surface area contributed by atoms with E-state index in [1.165, 1.54) is 10.7 Å². The fourth-order valence-electron chi connectivity index (χ4n) is 5.44. The smallest absolute Gasteiger partial charge is 0.255 e. The zero-order valence-corrected chi connectivity index (χ0v) is 18.7. The number of nitrogens with zero attached hydrogens (tertiary/aromatic N) is 3. The molecular weight excluding hydrogens is 445 g/mol. The average molecular weight is 473 g/mol. The van der Waals surface area contributed by atoms with Crippen LogP contribution in [0, 0.1) is 22.9 Å². The van der Waals surface area contributed by atoms with E-state index in [-0.39, 0.29) is 34.4 Å². The van der Waals surface area contributed by atoms with Gasteiger partial charge in [-0.2, -0.15) is 5.10 Å². The monoisotopic (exact) mass is 472 g/mol. The summed E-state index contributed by atoms with van der Waals surface area (Å²) in [7, 11) is 0. The van der Waals surface area contributed by atoms with Crippen molar-refractivity contribution < 1.29 is 23.1 Å². The number of carbonyl (C=O) groups excluding carboxylic acids is 1. The molecule has 180 valence electrons. The number of anilines is 1.